The van der Waals surface area contributed by atoms with E-state index in [2.05, 4.69) is 11.6 Å². The molecule has 0 aliphatic heterocycles. The number of carbonyl (C=O) groups excluding carboxylic acids is 1. The van der Waals surface area contributed by atoms with Crippen LogP contribution in [0.15, 0.2) is 70.3 Å². The third-order valence-corrected chi connectivity index (χ3v) is 6.22. The molecule has 6 nitrogen and oxygen atoms in total. The van der Waals surface area contributed by atoms with E-state index in [1.165, 1.54) is 22.8 Å². The Hall–Kier alpha value is -3.15. The molecule has 29 heavy (non-hydrogen) atoms. The van der Waals surface area contributed by atoms with Crippen LogP contribution in [0.4, 0.5) is 0 Å². The molecule has 146 valence electrons. The van der Waals surface area contributed by atoms with Crippen molar-refractivity contribution >= 4 is 39.1 Å². The summed E-state index contributed by atoms with van der Waals surface area (Å²) in [5.74, 6) is -0.436. The maximum atomic E-state index is 13.0. The largest absolute Gasteiger partial charge is 0.401 e. The van der Waals surface area contributed by atoms with Crippen LogP contribution in [-0.4, -0.2) is 21.1 Å². The van der Waals surface area contributed by atoms with E-state index >= 15 is 0 Å². The highest BCUT2D eigenvalue weighted by Crippen LogP contribution is 2.32. The van der Waals surface area contributed by atoms with Crippen LogP contribution in [0.1, 0.15) is 6.92 Å². The molecule has 0 atom stereocenters. The summed E-state index contributed by atoms with van der Waals surface area (Å²) < 4.78 is 2.04. The zero-order valence-electron chi connectivity index (χ0n) is 15.7. The number of Topliss-reactive ketones (excluding diaryl/α,β-unsaturated/α-hetero) is 1. The van der Waals surface area contributed by atoms with E-state index in [4.69, 9.17) is 11.0 Å². The van der Waals surface area contributed by atoms with Gasteiger partial charge >= 0.3 is 0 Å². The van der Waals surface area contributed by atoms with Crippen LogP contribution in [-0.2, 0) is 11.3 Å². The van der Waals surface area contributed by atoms with Gasteiger partial charge in [0.2, 0.25) is 0 Å². The predicted molar refractivity (Wildman–Crippen MR) is 118 cm³/mol. The number of nitriles is 1. The second-order valence-corrected chi connectivity index (χ2v) is 8.17. The number of carbonyl (C=O) groups is 1. The molecule has 2 aromatic heterocycles. The molecule has 3 rings (SSSR count). The fourth-order valence-corrected chi connectivity index (χ4v) is 4.64. The first-order chi connectivity index (χ1) is 14.0. The number of thioether (sulfide) groups is 1. The first-order valence-electron chi connectivity index (χ1n) is 8.69. The summed E-state index contributed by atoms with van der Waals surface area (Å²) in [6.07, 6.45) is 1.61. The van der Waals surface area contributed by atoms with E-state index in [1.54, 1.807) is 6.08 Å². The van der Waals surface area contributed by atoms with Crippen LogP contribution in [0.2, 0.25) is 0 Å². The average molecular weight is 423 g/mol. The van der Waals surface area contributed by atoms with Gasteiger partial charge in [0, 0.05) is 17.1 Å². The lowest BCUT2D eigenvalue weighted by atomic mass is 10.2. The Bertz CT molecular complexity index is 1210. The lowest BCUT2D eigenvalue weighted by Crippen LogP contribution is -2.22. The monoisotopic (exact) mass is 422 g/mol. The molecule has 0 saturated heterocycles. The fraction of sp³-hybridized carbons (Fsp3) is 0.143. The second kappa shape index (κ2) is 8.90. The number of ketones is 1. The topological polar surface area (TPSA) is 102 Å². The smallest absolute Gasteiger partial charge is 0.272 e. The lowest BCUT2D eigenvalue weighted by molar-refractivity contribution is -0.112. The number of aromatic nitrogens is 2. The van der Waals surface area contributed by atoms with E-state index < -0.39 is 5.78 Å². The number of hydrogen-bond acceptors (Lipinski definition) is 7. The van der Waals surface area contributed by atoms with E-state index in [0.29, 0.717) is 15.4 Å². The van der Waals surface area contributed by atoms with Crippen molar-refractivity contribution in [1.82, 2.24) is 9.55 Å². The maximum Gasteiger partial charge on any atom is 0.272 e. The van der Waals surface area contributed by atoms with Gasteiger partial charge < -0.3 is 5.73 Å². The number of allylic oxidation sites excluding steroid dienone is 3. The molecule has 0 unspecified atom stereocenters. The van der Waals surface area contributed by atoms with Crippen LogP contribution in [0.5, 0.6) is 0 Å². The molecular weight excluding hydrogens is 404 g/mol. The molecule has 0 saturated carbocycles. The SMILES string of the molecule is C=CCn1c(SCC(=O)/C(C#N)=C(\C)N)nc2cc(-c3ccccc3)sc2c1=O. The standard InChI is InChI=1S/C21H18N4O2S2/c1-3-9-25-20(27)19-16(10-18(29-19)14-7-5-4-6-8-14)24-21(25)28-12-17(26)15(11-22)13(2)23/h3-8,10H,1,9,12,23H2,2H3/b15-13+. The van der Waals surface area contributed by atoms with Gasteiger partial charge in [-0.05, 0) is 18.6 Å². The normalized spacial score (nSPS) is 11.7. The van der Waals surface area contributed by atoms with Crippen molar-refractivity contribution in [3.63, 3.8) is 0 Å². The molecule has 1 aromatic carbocycles. The number of rotatable bonds is 7. The number of fused-ring (bicyclic) bond motifs is 1. The molecule has 2 N–H and O–H groups in total. The van der Waals surface area contributed by atoms with Gasteiger partial charge in [-0.3, -0.25) is 14.2 Å². The maximum absolute atomic E-state index is 13.0. The van der Waals surface area contributed by atoms with Crippen molar-refractivity contribution in [2.75, 3.05) is 5.75 Å². The summed E-state index contributed by atoms with van der Waals surface area (Å²) in [7, 11) is 0. The Morgan fingerprint density at radius 3 is 2.76 bits per heavy atom. The van der Waals surface area contributed by atoms with Crippen molar-refractivity contribution in [1.29, 1.82) is 5.26 Å². The minimum atomic E-state index is -0.396. The minimum Gasteiger partial charge on any atom is -0.401 e. The molecule has 0 amide bonds. The third-order valence-electron chi connectivity index (χ3n) is 4.09. The van der Waals surface area contributed by atoms with Gasteiger partial charge in [-0.25, -0.2) is 4.98 Å². The van der Waals surface area contributed by atoms with E-state index in [1.807, 2.05) is 42.5 Å². The molecule has 0 fully saturated rings. The predicted octanol–water partition coefficient (Wildman–Crippen LogP) is 3.73. The summed E-state index contributed by atoms with van der Waals surface area (Å²) >= 11 is 2.50. The highest BCUT2D eigenvalue weighted by Gasteiger charge is 2.17. The second-order valence-electron chi connectivity index (χ2n) is 6.17. The Balaban J connectivity index is 2.02. The Labute approximate surface area is 176 Å². The highest BCUT2D eigenvalue weighted by atomic mass is 32.2. The number of thiophene rings is 1. The highest BCUT2D eigenvalue weighted by molar-refractivity contribution is 7.99. The molecule has 0 aliphatic carbocycles. The van der Waals surface area contributed by atoms with Crippen LogP contribution in [0.25, 0.3) is 20.7 Å². The van der Waals surface area contributed by atoms with Crippen molar-refractivity contribution in [3.05, 3.63) is 70.7 Å². The van der Waals surface area contributed by atoms with Crippen LogP contribution < -0.4 is 11.3 Å². The summed E-state index contributed by atoms with van der Waals surface area (Å²) in [6, 6.07) is 13.5. The van der Waals surface area contributed by atoms with Crippen molar-refractivity contribution in [2.24, 2.45) is 5.73 Å². The van der Waals surface area contributed by atoms with Crippen LogP contribution >= 0.6 is 23.1 Å². The molecule has 0 aliphatic rings. The Morgan fingerprint density at radius 1 is 1.41 bits per heavy atom. The Morgan fingerprint density at radius 2 is 2.14 bits per heavy atom. The quantitative estimate of drug-likeness (QED) is 0.205. The minimum absolute atomic E-state index is 0.0395. The lowest BCUT2D eigenvalue weighted by Gasteiger charge is -2.09. The first kappa shape index (κ1) is 20.6. The van der Waals surface area contributed by atoms with Gasteiger partial charge in [-0.1, -0.05) is 48.2 Å². The summed E-state index contributed by atoms with van der Waals surface area (Å²) in [5, 5.41) is 9.50. The molecule has 0 spiro atoms. The van der Waals surface area contributed by atoms with Crippen LogP contribution in [0.3, 0.4) is 0 Å². The molecule has 2 heterocycles. The first-order valence-corrected chi connectivity index (χ1v) is 10.5. The van der Waals surface area contributed by atoms with Crippen molar-refractivity contribution < 1.29 is 4.79 Å². The molecular formula is C21H18N4O2S2. The Kier molecular flexibility index (Phi) is 6.32. The number of hydrogen-bond donors (Lipinski definition) is 1. The zero-order chi connectivity index (χ0) is 21.0. The summed E-state index contributed by atoms with van der Waals surface area (Å²) in [6.45, 7) is 5.48. The third kappa shape index (κ3) is 4.31. The number of nitrogens with zero attached hydrogens (tertiary/aromatic N) is 3. The fourth-order valence-electron chi connectivity index (χ4n) is 2.71. The van der Waals surface area contributed by atoms with E-state index in [-0.39, 0.29) is 29.1 Å². The van der Waals surface area contributed by atoms with Gasteiger partial charge in [0.05, 0.1) is 11.3 Å². The molecule has 8 heteroatoms. The van der Waals surface area contributed by atoms with E-state index in [0.717, 1.165) is 22.2 Å². The van der Waals surface area contributed by atoms with Crippen molar-refractivity contribution in [3.8, 4) is 16.5 Å². The van der Waals surface area contributed by atoms with E-state index in [9.17, 15) is 9.59 Å². The molecule has 0 bridgehead atoms. The van der Waals surface area contributed by atoms with Gasteiger partial charge in [-0.15, -0.1) is 17.9 Å². The summed E-state index contributed by atoms with van der Waals surface area (Å²) in [5.41, 5.74) is 7.12. The molecule has 3 aromatic rings. The van der Waals surface area contributed by atoms with Crippen LogP contribution in [0, 0.1) is 11.3 Å². The van der Waals surface area contributed by atoms with Gasteiger partial charge in [0.1, 0.15) is 16.3 Å². The number of benzene rings is 1. The summed E-state index contributed by atoms with van der Waals surface area (Å²) in [4.78, 5) is 30.9. The molecule has 0 radical (unpaired) electrons. The van der Waals surface area contributed by atoms with Gasteiger partial charge in [0.25, 0.3) is 5.56 Å². The number of nitrogens with two attached hydrogens (primary N) is 1. The van der Waals surface area contributed by atoms with Gasteiger partial charge in [-0.2, -0.15) is 5.26 Å². The van der Waals surface area contributed by atoms with Gasteiger partial charge in [0.15, 0.2) is 10.9 Å². The zero-order valence-corrected chi connectivity index (χ0v) is 17.3. The van der Waals surface area contributed by atoms with Crippen molar-refractivity contribution in [2.45, 2.75) is 18.6 Å². The average Bonchev–Trinajstić information content (AvgIpc) is 3.14.